The lowest BCUT2D eigenvalue weighted by atomic mass is 10.2. The number of ether oxygens (including phenoxy) is 3. The maximum absolute atomic E-state index is 13.2. The molecule has 2 heterocycles. The van der Waals surface area contributed by atoms with Crippen LogP contribution in [-0.2, 0) is 11.2 Å². The third-order valence-electron chi connectivity index (χ3n) is 4.71. The molecule has 0 saturated carbocycles. The van der Waals surface area contributed by atoms with Gasteiger partial charge >= 0.3 is 0 Å². The van der Waals surface area contributed by atoms with E-state index in [4.69, 9.17) is 14.2 Å². The Morgan fingerprint density at radius 3 is 2.39 bits per heavy atom. The highest BCUT2D eigenvalue weighted by atomic mass is 32.1. The second kappa shape index (κ2) is 8.65. The van der Waals surface area contributed by atoms with Gasteiger partial charge in [0.1, 0.15) is 5.82 Å². The van der Waals surface area contributed by atoms with Crippen molar-refractivity contribution < 1.29 is 23.4 Å². The quantitative estimate of drug-likeness (QED) is 0.460. The summed E-state index contributed by atoms with van der Waals surface area (Å²) in [5.41, 5.74) is 2.86. The molecule has 0 aliphatic rings. The zero-order valence-corrected chi connectivity index (χ0v) is 18.0. The van der Waals surface area contributed by atoms with Crippen molar-refractivity contribution in [3.63, 3.8) is 0 Å². The monoisotopic (exact) mass is 441 g/mol. The first-order valence-electron chi connectivity index (χ1n) is 9.33. The number of imidazole rings is 1. The highest BCUT2D eigenvalue weighted by molar-refractivity contribution is 7.15. The van der Waals surface area contributed by atoms with Crippen LogP contribution < -0.4 is 19.5 Å². The van der Waals surface area contributed by atoms with Crippen LogP contribution in [0.25, 0.3) is 16.2 Å². The molecule has 4 rings (SSSR count). The molecule has 160 valence electrons. The number of hydrogen-bond acceptors (Lipinski definition) is 6. The average Bonchev–Trinajstić information content (AvgIpc) is 3.35. The highest BCUT2D eigenvalue weighted by Gasteiger charge is 2.16. The average molecular weight is 441 g/mol. The van der Waals surface area contributed by atoms with Crippen LogP contribution in [0.15, 0.2) is 48.0 Å². The summed E-state index contributed by atoms with van der Waals surface area (Å²) in [4.78, 5) is 18.0. The van der Waals surface area contributed by atoms with Gasteiger partial charge in [0, 0.05) is 40.7 Å². The summed E-state index contributed by atoms with van der Waals surface area (Å²) < 4.78 is 31.0. The van der Waals surface area contributed by atoms with Gasteiger partial charge in [0.2, 0.25) is 11.7 Å². The van der Waals surface area contributed by atoms with E-state index in [1.54, 1.807) is 24.3 Å². The summed E-state index contributed by atoms with van der Waals surface area (Å²) in [6.07, 6.45) is 2.00. The van der Waals surface area contributed by atoms with E-state index in [9.17, 15) is 9.18 Å². The molecule has 0 atom stereocenters. The molecule has 7 nitrogen and oxygen atoms in total. The summed E-state index contributed by atoms with van der Waals surface area (Å²) in [6, 6.07) is 9.50. The topological polar surface area (TPSA) is 74.1 Å². The summed E-state index contributed by atoms with van der Waals surface area (Å²) in [5, 5.41) is 4.76. The van der Waals surface area contributed by atoms with Crippen LogP contribution >= 0.6 is 11.3 Å². The Morgan fingerprint density at radius 2 is 1.77 bits per heavy atom. The molecule has 0 bridgehead atoms. The maximum atomic E-state index is 13.2. The van der Waals surface area contributed by atoms with E-state index in [1.807, 2.05) is 16.0 Å². The molecule has 0 aliphatic carbocycles. The van der Waals surface area contributed by atoms with E-state index in [1.165, 1.54) is 44.8 Å². The number of aromatic nitrogens is 2. The number of benzene rings is 2. The van der Waals surface area contributed by atoms with Crippen molar-refractivity contribution in [3.8, 4) is 28.5 Å². The molecule has 0 spiro atoms. The third-order valence-corrected chi connectivity index (χ3v) is 5.60. The number of carbonyl (C=O) groups is 1. The Bertz CT molecular complexity index is 1210. The number of fused-ring (bicyclic) bond motifs is 1. The Kier molecular flexibility index (Phi) is 5.77. The first-order chi connectivity index (χ1) is 15.0. The van der Waals surface area contributed by atoms with Gasteiger partial charge in [-0.15, -0.1) is 11.3 Å². The van der Waals surface area contributed by atoms with Gasteiger partial charge in [-0.3, -0.25) is 9.20 Å². The van der Waals surface area contributed by atoms with Gasteiger partial charge in [0.25, 0.3) is 0 Å². The number of carbonyl (C=O) groups excluding carboxylic acids is 1. The van der Waals surface area contributed by atoms with E-state index < -0.39 is 0 Å². The van der Waals surface area contributed by atoms with Gasteiger partial charge in [0.05, 0.1) is 33.4 Å². The van der Waals surface area contributed by atoms with Gasteiger partial charge in [-0.1, -0.05) is 0 Å². The standard InChI is InChI=1S/C22H20FN3O4S/c1-28-18-8-15(9-19(29-2)21(18)30-3)24-20(27)10-16-12-31-22-25-17(11-26(16)22)13-4-6-14(23)7-5-13/h4-9,11-12H,10H2,1-3H3,(H,24,27). The van der Waals surface area contributed by atoms with Crippen molar-refractivity contribution in [3.05, 3.63) is 59.5 Å². The fraction of sp³-hybridized carbons (Fsp3) is 0.182. The molecule has 9 heteroatoms. The minimum atomic E-state index is -0.297. The molecule has 2 aromatic carbocycles. The predicted octanol–water partition coefficient (Wildman–Crippen LogP) is 4.41. The lowest BCUT2D eigenvalue weighted by Gasteiger charge is -2.14. The molecular formula is C22H20FN3O4S. The summed E-state index contributed by atoms with van der Waals surface area (Å²) >= 11 is 1.44. The van der Waals surface area contributed by atoms with Crippen molar-refractivity contribution in [1.82, 2.24) is 9.38 Å². The van der Waals surface area contributed by atoms with Gasteiger partial charge in [-0.05, 0) is 24.3 Å². The number of hydrogen-bond donors (Lipinski definition) is 1. The minimum Gasteiger partial charge on any atom is -0.493 e. The van der Waals surface area contributed by atoms with Crippen LogP contribution in [0, 0.1) is 5.82 Å². The molecule has 0 aliphatic heterocycles. The molecule has 4 aromatic rings. The number of nitrogens with one attached hydrogen (secondary N) is 1. The molecular weight excluding hydrogens is 421 g/mol. The van der Waals surface area contributed by atoms with Crippen LogP contribution in [0.3, 0.4) is 0 Å². The number of thiazole rings is 1. The first kappa shape index (κ1) is 20.7. The van der Waals surface area contributed by atoms with Gasteiger partial charge < -0.3 is 19.5 Å². The molecule has 1 N–H and O–H groups in total. The van der Waals surface area contributed by atoms with Crippen LogP contribution in [0.1, 0.15) is 5.69 Å². The smallest absolute Gasteiger partial charge is 0.230 e. The lowest BCUT2D eigenvalue weighted by Crippen LogP contribution is -2.15. The van der Waals surface area contributed by atoms with Crippen molar-refractivity contribution >= 4 is 27.9 Å². The third kappa shape index (κ3) is 4.17. The van der Waals surface area contributed by atoms with Crippen LogP contribution in [0.4, 0.5) is 10.1 Å². The molecule has 0 saturated heterocycles. The maximum Gasteiger partial charge on any atom is 0.230 e. The second-order valence-corrected chi connectivity index (χ2v) is 7.49. The SMILES string of the molecule is COc1cc(NC(=O)Cc2csc3nc(-c4ccc(F)cc4)cn23)cc(OC)c1OC. The highest BCUT2D eigenvalue weighted by Crippen LogP contribution is 2.40. The van der Waals surface area contributed by atoms with Crippen molar-refractivity contribution in [2.75, 3.05) is 26.6 Å². The number of anilines is 1. The van der Waals surface area contributed by atoms with Crippen molar-refractivity contribution in [2.24, 2.45) is 0 Å². The zero-order valence-electron chi connectivity index (χ0n) is 17.1. The van der Waals surface area contributed by atoms with E-state index in [-0.39, 0.29) is 18.1 Å². The van der Waals surface area contributed by atoms with Gasteiger partial charge in [0.15, 0.2) is 16.5 Å². The Morgan fingerprint density at radius 1 is 1.10 bits per heavy atom. The van der Waals surface area contributed by atoms with Gasteiger partial charge in [-0.25, -0.2) is 9.37 Å². The van der Waals surface area contributed by atoms with E-state index >= 15 is 0 Å². The van der Waals surface area contributed by atoms with Crippen LogP contribution in [0.2, 0.25) is 0 Å². The van der Waals surface area contributed by atoms with E-state index in [2.05, 4.69) is 10.3 Å². The largest absolute Gasteiger partial charge is 0.493 e. The molecule has 0 radical (unpaired) electrons. The second-order valence-electron chi connectivity index (χ2n) is 6.65. The minimum absolute atomic E-state index is 0.149. The predicted molar refractivity (Wildman–Crippen MR) is 117 cm³/mol. The van der Waals surface area contributed by atoms with Crippen molar-refractivity contribution in [2.45, 2.75) is 6.42 Å². The Labute approximate surface area is 182 Å². The van der Waals surface area contributed by atoms with E-state index in [0.29, 0.717) is 22.9 Å². The molecule has 31 heavy (non-hydrogen) atoms. The molecule has 0 unspecified atom stereocenters. The normalized spacial score (nSPS) is 10.8. The van der Waals surface area contributed by atoms with Gasteiger partial charge in [-0.2, -0.15) is 0 Å². The molecule has 0 fully saturated rings. The lowest BCUT2D eigenvalue weighted by molar-refractivity contribution is -0.115. The van der Waals surface area contributed by atoms with Crippen LogP contribution in [0.5, 0.6) is 17.2 Å². The Balaban J connectivity index is 1.54. The molecule has 2 aromatic heterocycles. The summed E-state index contributed by atoms with van der Waals surface area (Å²) in [5.74, 6) is 0.858. The number of halogens is 1. The summed E-state index contributed by atoms with van der Waals surface area (Å²) in [6.45, 7) is 0. The fourth-order valence-electron chi connectivity index (χ4n) is 3.24. The van der Waals surface area contributed by atoms with E-state index in [0.717, 1.165) is 21.9 Å². The number of methoxy groups -OCH3 is 3. The molecule has 1 amide bonds. The number of nitrogens with zero attached hydrogens (tertiary/aromatic N) is 2. The fourth-order valence-corrected chi connectivity index (χ4v) is 4.11. The number of amides is 1. The zero-order chi connectivity index (χ0) is 22.0. The van der Waals surface area contributed by atoms with Crippen molar-refractivity contribution in [1.29, 1.82) is 0 Å². The van der Waals surface area contributed by atoms with Crippen LogP contribution in [-0.4, -0.2) is 36.6 Å². The Hall–Kier alpha value is -3.59. The summed E-state index contributed by atoms with van der Waals surface area (Å²) in [7, 11) is 4.55. The number of rotatable bonds is 7. The first-order valence-corrected chi connectivity index (χ1v) is 10.2.